The predicted molar refractivity (Wildman–Crippen MR) is 50.4 cm³/mol. The zero-order valence-electron chi connectivity index (χ0n) is 6.39. The van der Waals surface area contributed by atoms with Crippen LogP contribution in [0.15, 0.2) is 18.2 Å². The summed E-state index contributed by atoms with van der Waals surface area (Å²) in [6, 6.07) is 4.78. The van der Waals surface area contributed by atoms with Gasteiger partial charge in [0.2, 0.25) is 0 Å². The van der Waals surface area contributed by atoms with Gasteiger partial charge in [-0.05, 0) is 17.7 Å². The van der Waals surface area contributed by atoms with Gasteiger partial charge in [-0.3, -0.25) is 0 Å². The van der Waals surface area contributed by atoms with E-state index in [2.05, 4.69) is 32.1 Å². The fourth-order valence-electron chi connectivity index (χ4n) is 1.08. The van der Waals surface area contributed by atoms with E-state index in [4.69, 9.17) is 0 Å². The number of alkyl halides is 3. The second-order valence-corrected chi connectivity index (χ2v) is 3.35. The Balaban J connectivity index is 2.36. The third-order valence-corrected chi connectivity index (χ3v) is 2.50. The molecule has 0 atom stereocenters. The summed E-state index contributed by atoms with van der Waals surface area (Å²) in [5, 5.41) is 0. The van der Waals surface area contributed by atoms with Gasteiger partial charge in [0, 0.05) is 4.43 Å². The van der Waals surface area contributed by atoms with Crippen molar-refractivity contribution in [2.75, 3.05) is 0 Å². The molecule has 1 aromatic rings. The quantitative estimate of drug-likeness (QED) is 0.586. The maximum atomic E-state index is 12.5. The van der Waals surface area contributed by atoms with Crippen LogP contribution in [0, 0.1) is 0 Å². The Morgan fingerprint density at radius 3 is 2.62 bits per heavy atom. The van der Waals surface area contributed by atoms with E-state index in [1.54, 1.807) is 12.1 Å². The van der Waals surface area contributed by atoms with Crippen LogP contribution >= 0.6 is 22.6 Å². The molecule has 0 N–H and O–H groups in total. The summed E-state index contributed by atoms with van der Waals surface area (Å²) in [6.07, 6.45) is -3.51. The lowest BCUT2D eigenvalue weighted by atomic mass is 10.2. The molecule has 70 valence electrons. The van der Waals surface area contributed by atoms with Crippen LogP contribution in [0.25, 0.3) is 0 Å². The third kappa shape index (κ3) is 1.70. The van der Waals surface area contributed by atoms with Crippen LogP contribution in [-0.2, 0) is 4.43 Å². The summed E-state index contributed by atoms with van der Waals surface area (Å²) in [4.78, 5) is 0. The first-order valence-electron chi connectivity index (χ1n) is 3.55. The molecule has 0 aromatic heterocycles. The summed E-state index contributed by atoms with van der Waals surface area (Å²) in [7, 11) is 0. The second-order valence-electron chi connectivity index (χ2n) is 2.58. The van der Waals surface area contributed by atoms with Crippen LogP contribution in [0.5, 0.6) is 11.5 Å². The van der Waals surface area contributed by atoms with Gasteiger partial charge in [0.25, 0.3) is 0 Å². The Kier molecular flexibility index (Phi) is 2.05. The van der Waals surface area contributed by atoms with Gasteiger partial charge < -0.3 is 9.47 Å². The number of ether oxygens (including phenoxy) is 2. The van der Waals surface area contributed by atoms with Crippen molar-refractivity contribution in [3.05, 3.63) is 23.8 Å². The largest absolute Gasteiger partial charge is 0.586 e. The molecule has 2 nitrogen and oxygen atoms in total. The number of benzene rings is 1. The Bertz CT molecular complexity index is 341. The van der Waals surface area contributed by atoms with Crippen molar-refractivity contribution in [1.29, 1.82) is 0 Å². The first-order chi connectivity index (χ1) is 6.11. The Labute approximate surface area is 87.0 Å². The average Bonchev–Trinajstić information content (AvgIpc) is 2.36. The first kappa shape index (κ1) is 8.98. The van der Waals surface area contributed by atoms with Crippen LogP contribution in [0.4, 0.5) is 8.78 Å². The van der Waals surface area contributed by atoms with Crippen LogP contribution in [0.2, 0.25) is 0 Å². The summed E-state index contributed by atoms with van der Waals surface area (Å²) in [5.41, 5.74) is 0.931. The maximum absolute atomic E-state index is 12.5. The molecule has 0 spiro atoms. The lowest BCUT2D eigenvalue weighted by Crippen LogP contribution is -2.25. The molecule has 0 bridgehead atoms. The zero-order valence-corrected chi connectivity index (χ0v) is 8.55. The minimum absolute atomic E-state index is 0.0959. The number of fused-ring (bicyclic) bond motifs is 1. The van der Waals surface area contributed by atoms with Gasteiger partial charge in [-0.15, -0.1) is 8.78 Å². The molecule has 0 aliphatic carbocycles. The van der Waals surface area contributed by atoms with E-state index in [9.17, 15) is 8.78 Å². The average molecular weight is 298 g/mol. The standard InChI is InChI=1S/C8H5F2IO2/c9-8(10)12-6-2-1-5(4-11)3-7(6)13-8/h1-3H,4H2. The molecule has 0 amide bonds. The summed E-state index contributed by atoms with van der Waals surface area (Å²) in [5.74, 6) is 0.206. The fourth-order valence-corrected chi connectivity index (χ4v) is 1.55. The molecule has 0 fully saturated rings. The van der Waals surface area contributed by atoms with Crippen molar-refractivity contribution in [3.63, 3.8) is 0 Å². The van der Waals surface area contributed by atoms with Gasteiger partial charge in [0.05, 0.1) is 0 Å². The van der Waals surface area contributed by atoms with E-state index < -0.39 is 6.29 Å². The molecular weight excluding hydrogens is 293 g/mol. The number of rotatable bonds is 1. The third-order valence-electron chi connectivity index (χ3n) is 1.62. The van der Waals surface area contributed by atoms with Gasteiger partial charge in [-0.1, -0.05) is 28.7 Å². The van der Waals surface area contributed by atoms with Gasteiger partial charge in [-0.25, -0.2) is 0 Å². The first-order valence-corrected chi connectivity index (χ1v) is 5.08. The predicted octanol–water partition coefficient (Wildman–Crippen LogP) is 2.94. The molecule has 13 heavy (non-hydrogen) atoms. The highest BCUT2D eigenvalue weighted by atomic mass is 127. The van der Waals surface area contributed by atoms with E-state index >= 15 is 0 Å². The van der Waals surface area contributed by atoms with Crippen molar-refractivity contribution in [2.24, 2.45) is 0 Å². The van der Waals surface area contributed by atoms with Crippen molar-refractivity contribution >= 4 is 22.6 Å². The summed E-state index contributed by atoms with van der Waals surface area (Å²) < 4.78 is 34.3. The van der Waals surface area contributed by atoms with Crippen molar-refractivity contribution in [3.8, 4) is 11.5 Å². The number of hydrogen-bond donors (Lipinski definition) is 0. The van der Waals surface area contributed by atoms with Gasteiger partial charge in [0.15, 0.2) is 11.5 Å². The number of hydrogen-bond acceptors (Lipinski definition) is 2. The molecule has 1 aromatic carbocycles. The molecule has 1 aliphatic heterocycles. The van der Waals surface area contributed by atoms with Crippen molar-refractivity contribution in [1.82, 2.24) is 0 Å². The topological polar surface area (TPSA) is 18.5 Å². The Morgan fingerprint density at radius 1 is 1.23 bits per heavy atom. The van der Waals surface area contributed by atoms with Gasteiger partial charge in [0.1, 0.15) is 0 Å². The summed E-state index contributed by atoms with van der Waals surface area (Å²) >= 11 is 2.14. The van der Waals surface area contributed by atoms with Crippen LogP contribution in [0.3, 0.4) is 0 Å². The number of halogens is 3. The molecule has 0 radical (unpaired) electrons. The lowest BCUT2D eigenvalue weighted by molar-refractivity contribution is -0.286. The smallest absolute Gasteiger partial charge is 0.395 e. The van der Waals surface area contributed by atoms with Gasteiger partial charge >= 0.3 is 6.29 Å². The van der Waals surface area contributed by atoms with Crippen LogP contribution in [0.1, 0.15) is 5.56 Å². The normalized spacial score (nSPS) is 17.5. The minimum Gasteiger partial charge on any atom is -0.395 e. The van der Waals surface area contributed by atoms with E-state index in [1.165, 1.54) is 6.07 Å². The highest BCUT2D eigenvalue weighted by Gasteiger charge is 2.43. The minimum atomic E-state index is -3.51. The van der Waals surface area contributed by atoms with E-state index in [0.717, 1.165) is 9.99 Å². The van der Waals surface area contributed by atoms with E-state index in [-0.39, 0.29) is 11.5 Å². The van der Waals surface area contributed by atoms with Crippen LogP contribution in [-0.4, -0.2) is 6.29 Å². The Morgan fingerprint density at radius 2 is 1.92 bits per heavy atom. The molecule has 5 heteroatoms. The van der Waals surface area contributed by atoms with Crippen molar-refractivity contribution in [2.45, 2.75) is 10.7 Å². The van der Waals surface area contributed by atoms with E-state index in [1.807, 2.05) is 0 Å². The van der Waals surface area contributed by atoms with E-state index in [0.29, 0.717) is 0 Å². The summed E-state index contributed by atoms with van der Waals surface area (Å²) in [6.45, 7) is 0. The molecular formula is C8H5F2IO2. The molecule has 2 rings (SSSR count). The maximum Gasteiger partial charge on any atom is 0.586 e. The molecule has 1 aliphatic rings. The molecule has 0 unspecified atom stereocenters. The molecule has 0 saturated heterocycles. The fraction of sp³-hybridized carbons (Fsp3) is 0.250. The van der Waals surface area contributed by atoms with Crippen LogP contribution < -0.4 is 9.47 Å². The van der Waals surface area contributed by atoms with Crippen molar-refractivity contribution < 1.29 is 18.3 Å². The lowest BCUT2D eigenvalue weighted by Gasteiger charge is -2.04. The molecule has 0 saturated carbocycles. The monoisotopic (exact) mass is 298 g/mol. The highest BCUT2D eigenvalue weighted by molar-refractivity contribution is 14.1. The molecule has 1 heterocycles. The highest BCUT2D eigenvalue weighted by Crippen LogP contribution is 2.41. The Hall–Kier alpha value is -0.590. The van der Waals surface area contributed by atoms with Gasteiger partial charge in [-0.2, -0.15) is 0 Å². The zero-order chi connectivity index (χ0) is 9.47. The second kappa shape index (κ2) is 2.97. The SMILES string of the molecule is FC1(F)Oc2ccc(CI)cc2O1.